The number of nitrogens with two attached hydrogens (primary N) is 1. The molecule has 0 spiro atoms. The highest BCUT2D eigenvalue weighted by atomic mass is 32.2. The first-order valence-electron chi connectivity index (χ1n) is 9.74. The van der Waals surface area contributed by atoms with Crippen LogP contribution in [0.4, 0.5) is 10.5 Å². The molecule has 33 heavy (non-hydrogen) atoms. The van der Waals surface area contributed by atoms with Crippen molar-refractivity contribution in [1.29, 1.82) is 0 Å². The van der Waals surface area contributed by atoms with Gasteiger partial charge in [-0.25, -0.2) is 9.59 Å². The highest BCUT2D eigenvalue weighted by molar-refractivity contribution is 8.00. The van der Waals surface area contributed by atoms with E-state index in [1.165, 1.54) is 48.0 Å². The minimum absolute atomic E-state index is 0.0256. The van der Waals surface area contributed by atoms with E-state index in [1.54, 1.807) is 0 Å². The number of fused-ring (bicyclic) bond motifs is 1. The van der Waals surface area contributed by atoms with Crippen molar-refractivity contribution >= 4 is 43.5 Å². The summed E-state index contributed by atoms with van der Waals surface area (Å²) in [5.74, 6) is -0.961. The number of nitrogens with one attached hydrogen (secondary N) is 1. The Labute approximate surface area is 194 Å². The van der Waals surface area contributed by atoms with Gasteiger partial charge in [0.05, 0.1) is 26.3 Å². The number of nitro groups is 1. The van der Waals surface area contributed by atoms with Gasteiger partial charge < -0.3 is 19.9 Å². The third-order valence-electron chi connectivity index (χ3n) is 4.97. The second kappa shape index (κ2) is 10.0. The van der Waals surface area contributed by atoms with E-state index in [1.807, 2.05) is 13.3 Å². The SMILES string of the molecule is CO[C@@]1(N[PH+](C)C)C(=O)N2C(C(=O)OCc3ccc([N+](=O)[O-])cc3)=C(COC(N)=O)CS[C@H]21. The number of methoxy groups -OCH3 is 1. The van der Waals surface area contributed by atoms with Gasteiger partial charge in [-0.15, -0.1) is 11.8 Å². The van der Waals surface area contributed by atoms with Gasteiger partial charge >= 0.3 is 12.1 Å². The van der Waals surface area contributed by atoms with Crippen LogP contribution in [0.5, 0.6) is 0 Å². The van der Waals surface area contributed by atoms with E-state index in [0.29, 0.717) is 11.1 Å². The lowest BCUT2D eigenvalue weighted by molar-refractivity contribution is -0.384. The normalized spacial score (nSPS) is 22.0. The van der Waals surface area contributed by atoms with E-state index in [0.717, 1.165) is 0 Å². The first-order valence-corrected chi connectivity index (χ1v) is 13.3. The number of esters is 1. The average molecular weight is 499 g/mol. The summed E-state index contributed by atoms with van der Waals surface area (Å²) >= 11 is 1.36. The standard InChI is InChI=1S/C19H23N4O8PS/c1-29-19(21-32(2)3)16(25)22-14(12(9-31-18(20)26)10-33-17(19)22)15(24)30-8-11-4-6-13(7-5-11)23(27)28/h4-7,17,21H,8-10H2,1-3H3,(H2,20,26)/p+1/t17-,19-/m0/s1. The molecule has 0 saturated carbocycles. The molecule has 3 rings (SSSR count). The van der Waals surface area contributed by atoms with Gasteiger partial charge in [0, 0.05) is 30.6 Å². The second-order valence-corrected chi connectivity index (χ2v) is 10.8. The van der Waals surface area contributed by atoms with Crippen LogP contribution in [0.15, 0.2) is 35.5 Å². The van der Waals surface area contributed by atoms with Crippen LogP contribution >= 0.6 is 19.8 Å². The number of non-ortho nitro benzene ring substituents is 1. The molecule has 2 amide bonds. The number of amides is 2. The van der Waals surface area contributed by atoms with E-state index in [2.05, 4.69) is 5.09 Å². The van der Waals surface area contributed by atoms with Gasteiger partial charge in [0.1, 0.15) is 24.3 Å². The van der Waals surface area contributed by atoms with Crippen molar-refractivity contribution in [1.82, 2.24) is 9.99 Å². The largest absolute Gasteiger partial charge is 0.456 e. The Morgan fingerprint density at radius 2 is 1.97 bits per heavy atom. The summed E-state index contributed by atoms with van der Waals surface area (Å²) in [7, 11) is 0.351. The third-order valence-corrected chi connectivity index (χ3v) is 7.21. The van der Waals surface area contributed by atoms with Crippen molar-refractivity contribution in [3.05, 3.63) is 51.2 Å². The maximum atomic E-state index is 13.2. The molecule has 0 aliphatic carbocycles. The predicted molar refractivity (Wildman–Crippen MR) is 122 cm³/mol. The smallest absolute Gasteiger partial charge is 0.404 e. The fourth-order valence-electron chi connectivity index (χ4n) is 3.50. The van der Waals surface area contributed by atoms with Crippen LogP contribution in [0.25, 0.3) is 0 Å². The average Bonchev–Trinajstić information content (AvgIpc) is 2.78. The van der Waals surface area contributed by atoms with Gasteiger partial charge in [-0.1, -0.05) is 0 Å². The second-order valence-electron chi connectivity index (χ2n) is 7.46. The van der Waals surface area contributed by atoms with Gasteiger partial charge in [-0.2, -0.15) is 5.09 Å². The van der Waals surface area contributed by atoms with Crippen LogP contribution in [0.2, 0.25) is 0 Å². The van der Waals surface area contributed by atoms with Crippen LogP contribution in [0.3, 0.4) is 0 Å². The Bertz CT molecular complexity index is 1000. The molecule has 14 heteroatoms. The van der Waals surface area contributed by atoms with Gasteiger partial charge in [-0.05, 0) is 17.7 Å². The predicted octanol–water partition coefficient (Wildman–Crippen LogP) is 1.22. The van der Waals surface area contributed by atoms with Crippen molar-refractivity contribution in [2.24, 2.45) is 5.73 Å². The van der Waals surface area contributed by atoms with Crippen LogP contribution in [-0.2, 0) is 30.4 Å². The Morgan fingerprint density at radius 1 is 1.30 bits per heavy atom. The molecule has 178 valence electrons. The zero-order valence-electron chi connectivity index (χ0n) is 18.2. The fraction of sp³-hybridized carbons (Fsp3) is 0.421. The molecule has 2 heterocycles. The molecule has 0 radical (unpaired) electrons. The molecule has 1 saturated heterocycles. The molecule has 1 aromatic carbocycles. The maximum Gasteiger partial charge on any atom is 0.404 e. The van der Waals surface area contributed by atoms with Crippen molar-refractivity contribution in [3.8, 4) is 0 Å². The van der Waals surface area contributed by atoms with Gasteiger partial charge in [-0.3, -0.25) is 19.8 Å². The van der Waals surface area contributed by atoms with E-state index in [4.69, 9.17) is 19.9 Å². The summed E-state index contributed by atoms with van der Waals surface area (Å²) in [5.41, 5.74) is 4.58. The van der Waals surface area contributed by atoms with Gasteiger partial charge in [0.15, 0.2) is 0 Å². The summed E-state index contributed by atoms with van der Waals surface area (Å²) in [6.45, 7) is 3.49. The quantitative estimate of drug-likeness (QED) is 0.126. The molecule has 3 N–H and O–H groups in total. The highest BCUT2D eigenvalue weighted by Gasteiger charge is 2.67. The summed E-state index contributed by atoms with van der Waals surface area (Å²) in [6, 6.07) is 5.54. The molecule has 2 aliphatic heterocycles. The summed E-state index contributed by atoms with van der Waals surface area (Å²) < 4.78 is 15.8. The number of hydrogen-bond acceptors (Lipinski definition) is 10. The monoisotopic (exact) mass is 499 g/mol. The number of β-lactam (4-membered cyclic amide) rings is 1. The number of benzene rings is 1. The molecule has 1 fully saturated rings. The minimum Gasteiger partial charge on any atom is -0.456 e. The maximum absolute atomic E-state index is 13.2. The first kappa shape index (κ1) is 24.9. The van der Waals surface area contributed by atoms with Crippen molar-refractivity contribution in [3.63, 3.8) is 0 Å². The van der Waals surface area contributed by atoms with Gasteiger partial charge in [0.25, 0.3) is 17.3 Å². The molecule has 0 bridgehead atoms. The van der Waals surface area contributed by atoms with Crippen molar-refractivity contribution in [2.45, 2.75) is 17.7 Å². The molecule has 0 aromatic heterocycles. The lowest BCUT2D eigenvalue weighted by atomic mass is 9.99. The number of ether oxygens (including phenoxy) is 3. The number of carbonyl (C=O) groups excluding carboxylic acids is 3. The Kier molecular flexibility index (Phi) is 7.58. The number of primary amides is 1. The van der Waals surface area contributed by atoms with Crippen molar-refractivity contribution in [2.75, 3.05) is 32.8 Å². The topological polar surface area (TPSA) is 163 Å². The van der Waals surface area contributed by atoms with Crippen molar-refractivity contribution < 1.29 is 33.5 Å². The zero-order chi connectivity index (χ0) is 24.3. The molecule has 2 atom stereocenters. The molecular weight excluding hydrogens is 475 g/mol. The lowest BCUT2D eigenvalue weighted by Crippen LogP contribution is -2.79. The van der Waals surface area contributed by atoms with Crippen LogP contribution in [0.1, 0.15) is 5.56 Å². The van der Waals surface area contributed by atoms with Crippen LogP contribution in [-0.4, -0.2) is 71.7 Å². The Balaban J connectivity index is 1.83. The molecule has 0 unspecified atom stereocenters. The molecule has 2 aliphatic rings. The number of hydrogen-bond donors (Lipinski definition) is 2. The lowest BCUT2D eigenvalue weighted by Gasteiger charge is -2.55. The molecule has 12 nitrogen and oxygen atoms in total. The summed E-state index contributed by atoms with van der Waals surface area (Å²) in [6.07, 6.45) is -1.01. The van der Waals surface area contributed by atoms with Crippen LogP contribution in [0, 0.1) is 10.1 Å². The van der Waals surface area contributed by atoms with Gasteiger partial charge in [0.2, 0.25) is 0 Å². The Hall–Kier alpha value is -2.73. The van der Waals surface area contributed by atoms with Crippen LogP contribution < -0.4 is 10.8 Å². The number of nitrogens with zero attached hydrogens (tertiary/aromatic N) is 2. The first-order chi connectivity index (χ1) is 15.6. The number of rotatable bonds is 9. The Morgan fingerprint density at radius 3 is 2.52 bits per heavy atom. The molecular formula is C19H24N4O8PS+. The summed E-state index contributed by atoms with van der Waals surface area (Å²) in [4.78, 5) is 48.8. The number of nitro benzene ring substituents is 1. The van der Waals surface area contributed by atoms with E-state index < -0.39 is 42.1 Å². The van der Waals surface area contributed by atoms with E-state index in [-0.39, 0.29) is 30.4 Å². The minimum atomic E-state index is -1.26. The third kappa shape index (κ3) is 4.96. The summed E-state index contributed by atoms with van der Waals surface area (Å²) in [5, 5.41) is 13.5. The zero-order valence-corrected chi connectivity index (χ0v) is 20.0. The fourth-order valence-corrected chi connectivity index (χ4v) is 6.12. The molecule has 1 aromatic rings. The van der Waals surface area contributed by atoms with E-state index in [9.17, 15) is 24.5 Å². The number of carbonyl (C=O) groups is 3. The van der Waals surface area contributed by atoms with E-state index >= 15 is 0 Å². The highest BCUT2D eigenvalue weighted by Crippen LogP contribution is 2.49. The number of thioether (sulfide) groups is 1.